The van der Waals surface area contributed by atoms with Crippen LogP contribution in [-0.2, 0) is 4.74 Å². The van der Waals surface area contributed by atoms with Crippen LogP contribution in [0.1, 0.15) is 35.4 Å². The highest BCUT2D eigenvalue weighted by molar-refractivity contribution is 5.87. The van der Waals surface area contributed by atoms with E-state index in [4.69, 9.17) is 9.84 Å². The molecule has 2 unspecified atom stereocenters. The van der Waals surface area contributed by atoms with E-state index in [0.717, 1.165) is 12.2 Å². The Kier molecular flexibility index (Phi) is 2.52. The molecular formula is C12H13N3O3. The van der Waals surface area contributed by atoms with Crippen LogP contribution in [0.3, 0.4) is 0 Å². The van der Waals surface area contributed by atoms with Gasteiger partial charge in [0.25, 0.3) is 0 Å². The number of pyridine rings is 1. The van der Waals surface area contributed by atoms with Crippen molar-refractivity contribution >= 4 is 11.6 Å². The quantitative estimate of drug-likeness (QED) is 0.866. The zero-order valence-corrected chi connectivity index (χ0v) is 9.91. The minimum atomic E-state index is -0.951. The van der Waals surface area contributed by atoms with Gasteiger partial charge in [-0.2, -0.15) is 0 Å². The standard InChI is InChI=1S/C12H13N3O3/c1-7-4-9(6-18-7)11-14-13-10-3-2-8(12(16)17)5-15(10)11/h2-3,5,7,9H,4,6H2,1H3,(H,16,17). The monoisotopic (exact) mass is 247 g/mol. The largest absolute Gasteiger partial charge is 0.478 e. The Hall–Kier alpha value is -1.95. The van der Waals surface area contributed by atoms with Crippen LogP contribution in [0.2, 0.25) is 0 Å². The molecule has 6 nitrogen and oxygen atoms in total. The fourth-order valence-electron chi connectivity index (χ4n) is 2.31. The maximum atomic E-state index is 11.0. The Morgan fingerprint density at radius 1 is 1.50 bits per heavy atom. The van der Waals surface area contributed by atoms with Crippen LogP contribution in [-0.4, -0.2) is 38.4 Å². The molecule has 1 aliphatic rings. The fourth-order valence-corrected chi connectivity index (χ4v) is 2.31. The third-order valence-electron chi connectivity index (χ3n) is 3.24. The first-order valence-corrected chi connectivity index (χ1v) is 5.84. The fraction of sp³-hybridized carbons (Fsp3) is 0.417. The summed E-state index contributed by atoms with van der Waals surface area (Å²) in [5.41, 5.74) is 0.894. The number of hydrogen-bond donors (Lipinski definition) is 1. The lowest BCUT2D eigenvalue weighted by Gasteiger charge is -2.05. The molecule has 1 N–H and O–H groups in total. The zero-order chi connectivity index (χ0) is 12.7. The molecule has 0 spiro atoms. The highest BCUT2D eigenvalue weighted by atomic mass is 16.5. The highest BCUT2D eigenvalue weighted by Crippen LogP contribution is 2.28. The van der Waals surface area contributed by atoms with Crippen molar-refractivity contribution in [2.75, 3.05) is 6.61 Å². The van der Waals surface area contributed by atoms with Crippen LogP contribution in [0.4, 0.5) is 0 Å². The van der Waals surface area contributed by atoms with Gasteiger partial charge in [-0.25, -0.2) is 4.79 Å². The molecule has 2 aromatic rings. The van der Waals surface area contributed by atoms with Gasteiger partial charge in [0.05, 0.1) is 18.3 Å². The number of hydrogen-bond acceptors (Lipinski definition) is 4. The van der Waals surface area contributed by atoms with E-state index < -0.39 is 5.97 Å². The molecule has 0 saturated carbocycles. The number of rotatable bonds is 2. The first-order valence-electron chi connectivity index (χ1n) is 5.84. The summed E-state index contributed by atoms with van der Waals surface area (Å²) in [5.74, 6) is 0.00378. The second-order valence-corrected chi connectivity index (χ2v) is 4.59. The Morgan fingerprint density at radius 3 is 3.00 bits per heavy atom. The summed E-state index contributed by atoms with van der Waals surface area (Å²) in [7, 11) is 0. The summed E-state index contributed by atoms with van der Waals surface area (Å²) >= 11 is 0. The van der Waals surface area contributed by atoms with Gasteiger partial charge in [0.2, 0.25) is 0 Å². The van der Waals surface area contributed by atoms with Gasteiger partial charge < -0.3 is 9.84 Å². The van der Waals surface area contributed by atoms with E-state index in [1.54, 1.807) is 16.7 Å². The molecule has 3 heterocycles. The predicted molar refractivity (Wildman–Crippen MR) is 62.7 cm³/mol. The van der Waals surface area contributed by atoms with E-state index in [1.165, 1.54) is 6.07 Å². The summed E-state index contributed by atoms with van der Waals surface area (Å²) in [6.07, 6.45) is 2.67. The SMILES string of the molecule is CC1CC(c2nnc3ccc(C(=O)O)cn23)CO1. The molecule has 0 aliphatic carbocycles. The van der Waals surface area contributed by atoms with Crippen molar-refractivity contribution in [2.45, 2.75) is 25.4 Å². The molecule has 1 fully saturated rings. The van der Waals surface area contributed by atoms with Gasteiger partial charge in [0.1, 0.15) is 5.82 Å². The van der Waals surface area contributed by atoms with Gasteiger partial charge in [-0.3, -0.25) is 4.40 Å². The first kappa shape index (κ1) is 11.2. The Labute approximate surface area is 103 Å². The molecular weight excluding hydrogens is 234 g/mol. The predicted octanol–water partition coefficient (Wildman–Crippen LogP) is 1.32. The van der Waals surface area contributed by atoms with E-state index in [1.807, 2.05) is 6.92 Å². The summed E-state index contributed by atoms with van der Waals surface area (Å²) in [5, 5.41) is 17.2. The molecule has 94 valence electrons. The molecule has 3 rings (SSSR count). The van der Waals surface area contributed by atoms with E-state index in [9.17, 15) is 4.79 Å². The van der Waals surface area contributed by atoms with Crippen LogP contribution < -0.4 is 0 Å². The van der Waals surface area contributed by atoms with Crippen LogP contribution >= 0.6 is 0 Å². The van der Waals surface area contributed by atoms with Crippen molar-refractivity contribution in [1.82, 2.24) is 14.6 Å². The van der Waals surface area contributed by atoms with Gasteiger partial charge in [0.15, 0.2) is 5.65 Å². The average molecular weight is 247 g/mol. The third kappa shape index (κ3) is 1.74. The molecule has 1 saturated heterocycles. The van der Waals surface area contributed by atoms with Crippen molar-refractivity contribution in [3.05, 3.63) is 29.7 Å². The molecule has 0 radical (unpaired) electrons. The second-order valence-electron chi connectivity index (χ2n) is 4.59. The van der Waals surface area contributed by atoms with Crippen LogP contribution in [0.15, 0.2) is 18.3 Å². The molecule has 2 aromatic heterocycles. The summed E-state index contributed by atoms with van der Waals surface area (Å²) in [6, 6.07) is 3.20. The van der Waals surface area contributed by atoms with Crippen molar-refractivity contribution in [3.63, 3.8) is 0 Å². The molecule has 18 heavy (non-hydrogen) atoms. The number of ether oxygens (including phenoxy) is 1. The normalized spacial score (nSPS) is 23.6. The summed E-state index contributed by atoms with van der Waals surface area (Å²) < 4.78 is 7.26. The Morgan fingerprint density at radius 2 is 2.33 bits per heavy atom. The van der Waals surface area contributed by atoms with Crippen molar-refractivity contribution in [1.29, 1.82) is 0 Å². The van der Waals surface area contributed by atoms with E-state index in [2.05, 4.69) is 10.2 Å². The lowest BCUT2D eigenvalue weighted by atomic mass is 10.1. The van der Waals surface area contributed by atoms with Crippen LogP contribution in [0.5, 0.6) is 0 Å². The van der Waals surface area contributed by atoms with E-state index in [0.29, 0.717) is 12.3 Å². The number of carboxylic acid groups (broad SMARTS) is 1. The molecule has 1 aliphatic heterocycles. The first-order chi connectivity index (χ1) is 8.65. The van der Waals surface area contributed by atoms with Crippen molar-refractivity contribution in [3.8, 4) is 0 Å². The number of aromatic carboxylic acids is 1. The lowest BCUT2D eigenvalue weighted by molar-refractivity contribution is 0.0696. The molecule has 0 aromatic carbocycles. The van der Waals surface area contributed by atoms with Crippen LogP contribution in [0, 0.1) is 0 Å². The van der Waals surface area contributed by atoms with Crippen molar-refractivity contribution in [2.24, 2.45) is 0 Å². The van der Waals surface area contributed by atoms with Gasteiger partial charge in [0, 0.05) is 12.1 Å². The van der Waals surface area contributed by atoms with Gasteiger partial charge in [-0.05, 0) is 25.5 Å². The summed E-state index contributed by atoms with van der Waals surface area (Å²) in [6.45, 7) is 2.63. The average Bonchev–Trinajstić information content (AvgIpc) is 2.93. The number of nitrogens with zero attached hydrogens (tertiary/aromatic N) is 3. The molecule has 2 atom stereocenters. The second kappa shape index (κ2) is 4.06. The molecule has 0 amide bonds. The third-order valence-corrected chi connectivity index (χ3v) is 3.24. The minimum absolute atomic E-state index is 0.180. The van der Waals surface area contributed by atoms with E-state index >= 15 is 0 Å². The van der Waals surface area contributed by atoms with E-state index in [-0.39, 0.29) is 17.6 Å². The van der Waals surface area contributed by atoms with Crippen molar-refractivity contribution < 1.29 is 14.6 Å². The lowest BCUT2D eigenvalue weighted by Crippen LogP contribution is -2.06. The van der Waals surface area contributed by atoms with Gasteiger partial charge in [-0.15, -0.1) is 10.2 Å². The number of aromatic nitrogens is 3. The minimum Gasteiger partial charge on any atom is -0.478 e. The van der Waals surface area contributed by atoms with Crippen LogP contribution in [0.25, 0.3) is 5.65 Å². The zero-order valence-electron chi connectivity index (χ0n) is 9.91. The van der Waals surface area contributed by atoms with Gasteiger partial charge in [-0.1, -0.05) is 0 Å². The Bertz CT molecular complexity index is 608. The number of carbonyl (C=O) groups is 1. The Balaban J connectivity index is 2.06. The maximum absolute atomic E-state index is 11.0. The van der Waals surface area contributed by atoms with Gasteiger partial charge >= 0.3 is 5.97 Å². The maximum Gasteiger partial charge on any atom is 0.337 e. The summed E-state index contributed by atoms with van der Waals surface area (Å²) in [4.78, 5) is 11.0. The smallest absolute Gasteiger partial charge is 0.337 e. The topological polar surface area (TPSA) is 76.7 Å². The number of carboxylic acids is 1. The number of fused-ring (bicyclic) bond motifs is 1. The highest BCUT2D eigenvalue weighted by Gasteiger charge is 2.27. The molecule has 0 bridgehead atoms. The molecule has 6 heteroatoms.